The second-order valence-electron chi connectivity index (χ2n) is 3.48. The average molecular weight is 222 g/mol. The van der Waals surface area contributed by atoms with E-state index in [0.717, 1.165) is 0 Å². The van der Waals surface area contributed by atoms with Gasteiger partial charge in [-0.25, -0.2) is 8.78 Å². The minimum atomic E-state index is -2.76. The molecule has 0 aromatic heterocycles. The third-order valence-electron chi connectivity index (χ3n) is 2.18. The van der Waals surface area contributed by atoms with Gasteiger partial charge in [0, 0.05) is 19.6 Å². The number of hydrogen-bond donors (Lipinski definition) is 2. The van der Waals surface area contributed by atoms with Crippen LogP contribution in [0.4, 0.5) is 8.78 Å². The van der Waals surface area contributed by atoms with Crippen molar-refractivity contribution in [3.63, 3.8) is 0 Å². The summed E-state index contributed by atoms with van der Waals surface area (Å²) in [5, 5.41) is 5.02. The van der Waals surface area contributed by atoms with Gasteiger partial charge in [0.05, 0.1) is 19.2 Å². The summed E-state index contributed by atoms with van der Waals surface area (Å²) in [7, 11) is 0. The highest BCUT2D eigenvalue weighted by Crippen LogP contribution is 2.24. The summed E-state index contributed by atoms with van der Waals surface area (Å²) < 4.78 is 30.5. The summed E-state index contributed by atoms with van der Waals surface area (Å²) in [5.41, 5.74) is 0. The van der Waals surface area contributed by atoms with Crippen molar-refractivity contribution < 1.29 is 18.3 Å². The summed E-state index contributed by atoms with van der Waals surface area (Å²) in [5.74, 6) is -3.14. The molecule has 0 bridgehead atoms. The maximum absolute atomic E-state index is 12.7. The van der Waals surface area contributed by atoms with Gasteiger partial charge in [0.25, 0.3) is 5.92 Å². The molecule has 1 aliphatic heterocycles. The molecule has 1 amide bonds. The van der Waals surface area contributed by atoms with E-state index in [1.54, 1.807) is 0 Å². The fourth-order valence-electron chi connectivity index (χ4n) is 1.41. The fraction of sp³-hybridized carbons (Fsp3) is 0.889. The van der Waals surface area contributed by atoms with E-state index in [1.165, 1.54) is 0 Å². The monoisotopic (exact) mass is 222 g/mol. The molecule has 0 spiro atoms. The standard InChI is InChI=1S/C9H16F2N2O2/c1-2-15-4-3-12-8(14)7-5-9(10,11)6-13-7/h7,13H,2-6H2,1H3,(H,12,14). The van der Waals surface area contributed by atoms with E-state index in [1.807, 2.05) is 6.92 Å². The SMILES string of the molecule is CCOCCNC(=O)C1CC(F)(F)CN1. The maximum atomic E-state index is 12.7. The van der Waals surface area contributed by atoms with Crippen molar-refractivity contribution in [3.05, 3.63) is 0 Å². The summed E-state index contributed by atoms with van der Waals surface area (Å²) in [6.45, 7) is 2.77. The zero-order valence-electron chi connectivity index (χ0n) is 8.69. The molecule has 6 heteroatoms. The van der Waals surface area contributed by atoms with Gasteiger partial charge in [0.15, 0.2) is 0 Å². The first-order chi connectivity index (χ1) is 7.05. The van der Waals surface area contributed by atoms with Crippen LogP contribution in [-0.2, 0) is 9.53 Å². The molecule has 0 radical (unpaired) electrons. The Morgan fingerprint density at radius 1 is 1.67 bits per heavy atom. The second-order valence-corrected chi connectivity index (χ2v) is 3.48. The van der Waals surface area contributed by atoms with E-state index in [9.17, 15) is 13.6 Å². The van der Waals surface area contributed by atoms with Crippen molar-refractivity contribution in [2.45, 2.75) is 25.3 Å². The van der Waals surface area contributed by atoms with Gasteiger partial charge < -0.3 is 10.1 Å². The highest BCUT2D eigenvalue weighted by atomic mass is 19.3. The summed E-state index contributed by atoms with van der Waals surface area (Å²) in [6.07, 6.45) is -0.423. The van der Waals surface area contributed by atoms with Crippen LogP contribution in [0.25, 0.3) is 0 Å². The minimum Gasteiger partial charge on any atom is -0.380 e. The van der Waals surface area contributed by atoms with Crippen LogP contribution < -0.4 is 10.6 Å². The Balaban J connectivity index is 2.18. The van der Waals surface area contributed by atoms with Gasteiger partial charge in [-0.15, -0.1) is 0 Å². The lowest BCUT2D eigenvalue weighted by atomic mass is 10.2. The van der Waals surface area contributed by atoms with Gasteiger partial charge in [-0.05, 0) is 6.92 Å². The zero-order chi connectivity index (χ0) is 11.3. The van der Waals surface area contributed by atoms with Crippen LogP contribution in [0.2, 0.25) is 0 Å². The minimum absolute atomic E-state index is 0.358. The molecule has 0 aliphatic carbocycles. The first kappa shape index (κ1) is 12.3. The Morgan fingerprint density at radius 2 is 2.40 bits per heavy atom. The molecule has 1 fully saturated rings. The van der Waals surface area contributed by atoms with Crippen LogP contribution in [0.5, 0.6) is 0 Å². The van der Waals surface area contributed by atoms with E-state index in [0.29, 0.717) is 19.8 Å². The first-order valence-corrected chi connectivity index (χ1v) is 5.02. The van der Waals surface area contributed by atoms with E-state index in [4.69, 9.17) is 4.74 Å². The number of carbonyl (C=O) groups excluding carboxylic acids is 1. The van der Waals surface area contributed by atoms with Crippen molar-refractivity contribution in [3.8, 4) is 0 Å². The van der Waals surface area contributed by atoms with Crippen LogP contribution in [0.15, 0.2) is 0 Å². The topological polar surface area (TPSA) is 50.4 Å². The first-order valence-electron chi connectivity index (χ1n) is 5.02. The number of rotatable bonds is 5. The normalized spacial score (nSPS) is 24.1. The van der Waals surface area contributed by atoms with Gasteiger partial charge in [0.2, 0.25) is 5.91 Å². The molecule has 0 saturated carbocycles. The lowest BCUT2D eigenvalue weighted by molar-refractivity contribution is -0.123. The summed E-state index contributed by atoms with van der Waals surface area (Å²) in [6, 6.07) is -0.776. The number of hydrogen-bond acceptors (Lipinski definition) is 3. The molecule has 4 nitrogen and oxygen atoms in total. The van der Waals surface area contributed by atoms with E-state index >= 15 is 0 Å². The van der Waals surface area contributed by atoms with Crippen LogP contribution in [0.3, 0.4) is 0 Å². The van der Waals surface area contributed by atoms with E-state index in [-0.39, 0.29) is 5.91 Å². The molecule has 1 atom stereocenters. The molecule has 2 N–H and O–H groups in total. The van der Waals surface area contributed by atoms with Crippen molar-refractivity contribution in [1.82, 2.24) is 10.6 Å². The molecule has 1 heterocycles. The lowest BCUT2D eigenvalue weighted by Crippen LogP contribution is -2.41. The van der Waals surface area contributed by atoms with Gasteiger partial charge >= 0.3 is 0 Å². The molecule has 1 unspecified atom stereocenters. The maximum Gasteiger partial charge on any atom is 0.262 e. The van der Waals surface area contributed by atoms with Gasteiger partial charge in [0.1, 0.15) is 0 Å². The Bertz CT molecular complexity index is 224. The van der Waals surface area contributed by atoms with Crippen molar-refractivity contribution in [1.29, 1.82) is 0 Å². The van der Waals surface area contributed by atoms with E-state index < -0.39 is 24.9 Å². The number of amides is 1. The molecule has 1 rings (SSSR count). The third-order valence-corrected chi connectivity index (χ3v) is 2.18. The Hall–Kier alpha value is -0.750. The van der Waals surface area contributed by atoms with Crippen LogP contribution in [-0.4, -0.2) is 44.2 Å². The Kier molecular flexibility index (Phi) is 4.41. The van der Waals surface area contributed by atoms with Crippen LogP contribution >= 0.6 is 0 Å². The summed E-state index contributed by atoms with van der Waals surface area (Å²) in [4.78, 5) is 11.3. The molecule has 0 aromatic rings. The number of nitrogens with one attached hydrogen (secondary N) is 2. The predicted octanol–water partition coefficient (Wildman–Crippen LogP) is 0.136. The zero-order valence-corrected chi connectivity index (χ0v) is 8.69. The fourth-order valence-corrected chi connectivity index (χ4v) is 1.41. The molecule has 0 aromatic carbocycles. The number of ether oxygens (including phenoxy) is 1. The largest absolute Gasteiger partial charge is 0.380 e. The van der Waals surface area contributed by atoms with Gasteiger partial charge in [-0.1, -0.05) is 0 Å². The average Bonchev–Trinajstić information content (AvgIpc) is 2.53. The molecular weight excluding hydrogens is 206 g/mol. The van der Waals surface area contributed by atoms with Crippen LogP contribution in [0, 0.1) is 0 Å². The number of alkyl halides is 2. The van der Waals surface area contributed by atoms with Crippen LogP contribution in [0.1, 0.15) is 13.3 Å². The van der Waals surface area contributed by atoms with Gasteiger partial charge in [-0.2, -0.15) is 0 Å². The van der Waals surface area contributed by atoms with Crippen molar-refractivity contribution in [2.75, 3.05) is 26.3 Å². The van der Waals surface area contributed by atoms with E-state index in [2.05, 4.69) is 10.6 Å². The molecular formula is C9H16F2N2O2. The lowest BCUT2D eigenvalue weighted by Gasteiger charge is -2.10. The second kappa shape index (κ2) is 5.37. The third kappa shape index (κ3) is 4.09. The highest BCUT2D eigenvalue weighted by Gasteiger charge is 2.42. The molecule has 1 saturated heterocycles. The Morgan fingerprint density at radius 3 is 2.93 bits per heavy atom. The predicted molar refractivity (Wildman–Crippen MR) is 50.9 cm³/mol. The molecule has 1 aliphatic rings. The van der Waals surface area contributed by atoms with Gasteiger partial charge in [-0.3, -0.25) is 10.1 Å². The Labute approximate surface area is 87.4 Å². The smallest absolute Gasteiger partial charge is 0.262 e. The van der Waals surface area contributed by atoms with Crippen molar-refractivity contribution in [2.24, 2.45) is 0 Å². The van der Waals surface area contributed by atoms with Crippen molar-refractivity contribution >= 4 is 5.91 Å². The number of halogens is 2. The summed E-state index contributed by atoms with van der Waals surface area (Å²) >= 11 is 0. The molecule has 15 heavy (non-hydrogen) atoms. The molecule has 88 valence electrons. The number of carbonyl (C=O) groups is 1. The highest BCUT2D eigenvalue weighted by molar-refractivity contribution is 5.82. The quantitative estimate of drug-likeness (QED) is 0.650.